The van der Waals surface area contributed by atoms with E-state index in [9.17, 15) is 9.18 Å². The van der Waals surface area contributed by atoms with Gasteiger partial charge in [0.25, 0.3) is 0 Å². The first-order chi connectivity index (χ1) is 12.0. The molecule has 0 aromatic heterocycles. The lowest BCUT2D eigenvalue weighted by Crippen LogP contribution is -2.47. The Morgan fingerprint density at radius 2 is 1.88 bits per heavy atom. The quantitative estimate of drug-likeness (QED) is 0.838. The van der Waals surface area contributed by atoms with E-state index in [2.05, 4.69) is 23.6 Å². The van der Waals surface area contributed by atoms with Gasteiger partial charge in [0, 0.05) is 50.9 Å². The van der Waals surface area contributed by atoms with Crippen molar-refractivity contribution in [3.05, 3.63) is 30.1 Å². The summed E-state index contributed by atoms with van der Waals surface area (Å²) in [4.78, 5) is 19.0. The van der Waals surface area contributed by atoms with E-state index in [1.807, 2.05) is 17.0 Å². The zero-order chi connectivity index (χ0) is 17.8. The zero-order valence-corrected chi connectivity index (χ0v) is 15.5. The van der Waals surface area contributed by atoms with E-state index in [0.717, 1.165) is 57.8 Å². The number of carbonyl (C=O) groups excluding carboxylic acids is 1. The molecule has 2 heterocycles. The van der Waals surface area contributed by atoms with E-state index in [0.29, 0.717) is 24.3 Å². The topological polar surface area (TPSA) is 26.8 Å². The number of piperidine rings is 1. The lowest BCUT2D eigenvalue weighted by atomic mass is 9.95. The average molecular weight is 347 g/mol. The Bertz CT molecular complexity index is 575. The molecule has 0 bridgehead atoms. The van der Waals surface area contributed by atoms with Gasteiger partial charge in [0.15, 0.2) is 0 Å². The fourth-order valence-corrected chi connectivity index (χ4v) is 4.02. The number of nitrogens with zero attached hydrogens (tertiary/aromatic N) is 3. The highest BCUT2D eigenvalue weighted by molar-refractivity contribution is 5.77. The third-order valence-corrected chi connectivity index (χ3v) is 5.46. The summed E-state index contributed by atoms with van der Waals surface area (Å²) < 4.78 is 13.1. The van der Waals surface area contributed by atoms with Crippen molar-refractivity contribution in [2.45, 2.75) is 39.2 Å². The SMILES string of the molecule is CC(C)N1CC(CN2CCCN(c3ccc(F)cc3)CC2)CCC1=O. The first-order valence-electron chi connectivity index (χ1n) is 9.55. The van der Waals surface area contributed by atoms with E-state index < -0.39 is 0 Å². The maximum absolute atomic E-state index is 13.1. The maximum Gasteiger partial charge on any atom is 0.222 e. The molecule has 25 heavy (non-hydrogen) atoms. The van der Waals surface area contributed by atoms with Gasteiger partial charge in [-0.1, -0.05) is 0 Å². The van der Waals surface area contributed by atoms with Crippen molar-refractivity contribution in [1.82, 2.24) is 9.80 Å². The second kappa shape index (κ2) is 8.17. The molecule has 2 fully saturated rings. The molecule has 5 heteroatoms. The van der Waals surface area contributed by atoms with Crippen LogP contribution in [0.15, 0.2) is 24.3 Å². The monoisotopic (exact) mass is 347 g/mol. The van der Waals surface area contributed by atoms with E-state index >= 15 is 0 Å². The molecule has 1 aromatic carbocycles. The fourth-order valence-electron chi connectivity index (χ4n) is 4.02. The molecule has 0 N–H and O–H groups in total. The number of likely N-dealkylation sites (tertiary alicyclic amines) is 1. The number of anilines is 1. The van der Waals surface area contributed by atoms with Crippen molar-refractivity contribution in [2.75, 3.05) is 44.2 Å². The molecular formula is C20H30FN3O. The molecular weight excluding hydrogens is 317 g/mol. The van der Waals surface area contributed by atoms with Crippen LogP contribution >= 0.6 is 0 Å². The number of hydrogen-bond donors (Lipinski definition) is 0. The number of carbonyl (C=O) groups is 1. The van der Waals surface area contributed by atoms with Crippen LogP contribution in [0.25, 0.3) is 0 Å². The van der Waals surface area contributed by atoms with Crippen molar-refractivity contribution in [1.29, 1.82) is 0 Å². The molecule has 2 aliphatic rings. The second-order valence-electron chi connectivity index (χ2n) is 7.66. The van der Waals surface area contributed by atoms with Crippen LogP contribution in [0, 0.1) is 11.7 Å². The zero-order valence-electron chi connectivity index (χ0n) is 15.5. The van der Waals surface area contributed by atoms with Crippen LogP contribution in [-0.4, -0.2) is 61.0 Å². The first-order valence-corrected chi connectivity index (χ1v) is 9.55. The van der Waals surface area contributed by atoms with Gasteiger partial charge in [-0.15, -0.1) is 0 Å². The van der Waals surface area contributed by atoms with Gasteiger partial charge < -0.3 is 14.7 Å². The van der Waals surface area contributed by atoms with Crippen LogP contribution in [0.5, 0.6) is 0 Å². The van der Waals surface area contributed by atoms with E-state index in [1.165, 1.54) is 12.1 Å². The van der Waals surface area contributed by atoms with Crippen molar-refractivity contribution >= 4 is 11.6 Å². The number of rotatable bonds is 4. The normalized spacial score (nSPS) is 23.2. The van der Waals surface area contributed by atoms with Crippen LogP contribution in [0.1, 0.15) is 33.1 Å². The molecule has 138 valence electrons. The highest BCUT2D eigenvalue weighted by Gasteiger charge is 2.28. The van der Waals surface area contributed by atoms with Gasteiger partial charge in [0.2, 0.25) is 5.91 Å². The highest BCUT2D eigenvalue weighted by Crippen LogP contribution is 2.22. The molecule has 2 saturated heterocycles. The Morgan fingerprint density at radius 1 is 1.12 bits per heavy atom. The molecule has 1 amide bonds. The molecule has 4 nitrogen and oxygen atoms in total. The van der Waals surface area contributed by atoms with Crippen molar-refractivity contribution in [3.63, 3.8) is 0 Å². The Balaban J connectivity index is 1.53. The summed E-state index contributed by atoms with van der Waals surface area (Å²) >= 11 is 0. The van der Waals surface area contributed by atoms with Gasteiger partial charge in [-0.05, 0) is 63.4 Å². The standard InChI is InChI=1S/C20H30FN3O/c1-16(2)24-15-17(4-9-20(24)25)14-22-10-3-11-23(13-12-22)19-7-5-18(21)6-8-19/h5-8,16-17H,3-4,9-15H2,1-2H3. The van der Waals surface area contributed by atoms with Gasteiger partial charge >= 0.3 is 0 Å². The lowest BCUT2D eigenvalue weighted by molar-refractivity contribution is -0.136. The molecule has 1 unspecified atom stereocenters. The highest BCUT2D eigenvalue weighted by atomic mass is 19.1. The summed E-state index contributed by atoms with van der Waals surface area (Å²) in [7, 11) is 0. The Kier molecular flexibility index (Phi) is 5.94. The van der Waals surface area contributed by atoms with Crippen molar-refractivity contribution in [2.24, 2.45) is 5.92 Å². The van der Waals surface area contributed by atoms with E-state index in [4.69, 9.17) is 0 Å². The fraction of sp³-hybridized carbons (Fsp3) is 0.650. The smallest absolute Gasteiger partial charge is 0.222 e. The van der Waals surface area contributed by atoms with Crippen LogP contribution in [0.2, 0.25) is 0 Å². The minimum Gasteiger partial charge on any atom is -0.370 e. The molecule has 0 saturated carbocycles. The predicted octanol–water partition coefficient (Wildman–Crippen LogP) is 2.98. The molecule has 0 spiro atoms. The molecule has 1 aromatic rings. The second-order valence-corrected chi connectivity index (χ2v) is 7.66. The number of hydrogen-bond acceptors (Lipinski definition) is 3. The summed E-state index contributed by atoms with van der Waals surface area (Å²) in [5, 5.41) is 0. The lowest BCUT2D eigenvalue weighted by Gasteiger charge is -2.37. The third kappa shape index (κ3) is 4.72. The predicted molar refractivity (Wildman–Crippen MR) is 99.2 cm³/mol. The van der Waals surface area contributed by atoms with Crippen LogP contribution in [0.4, 0.5) is 10.1 Å². The Hall–Kier alpha value is -1.62. The van der Waals surface area contributed by atoms with Gasteiger partial charge in [0.1, 0.15) is 5.82 Å². The average Bonchev–Trinajstić information content (AvgIpc) is 2.83. The third-order valence-electron chi connectivity index (χ3n) is 5.46. The Morgan fingerprint density at radius 3 is 2.60 bits per heavy atom. The summed E-state index contributed by atoms with van der Waals surface area (Å²) in [6, 6.07) is 7.12. The van der Waals surface area contributed by atoms with Crippen molar-refractivity contribution in [3.8, 4) is 0 Å². The number of benzene rings is 1. The number of amides is 1. The Labute approximate surface area is 150 Å². The summed E-state index contributed by atoms with van der Waals surface area (Å²) in [6.45, 7) is 10.3. The maximum atomic E-state index is 13.1. The molecule has 1 atom stereocenters. The summed E-state index contributed by atoms with van der Waals surface area (Å²) in [6.07, 6.45) is 2.83. The molecule has 3 rings (SSSR count). The molecule has 2 aliphatic heterocycles. The molecule has 0 aliphatic carbocycles. The van der Waals surface area contributed by atoms with E-state index in [1.54, 1.807) is 0 Å². The number of halogens is 1. The van der Waals surface area contributed by atoms with Crippen molar-refractivity contribution < 1.29 is 9.18 Å². The first kappa shape index (κ1) is 18.2. The van der Waals surface area contributed by atoms with E-state index in [-0.39, 0.29) is 5.82 Å². The van der Waals surface area contributed by atoms with Crippen LogP contribution in [-0.2, 0) is 4.79 Å². The van der Waals surface area contributed by atoms with Crippen LogP contribution in [0.3, 0.4) is 0 Å². The summed E-state index contributed by atoms with van der Waals surface area (Å²) in [5.74, 6) is 0.712. The van der Waals surface area contributed by atoms with Gasteiger partial charge in [-0.3, -0.25) is 4.79 Å². The van der Waals surface area contributed by atoms with Gasteiger partial charge in [0.05, 0.1) is 0 Å². The molecule has 0 radical (unpaired) electrons. The summed E-state index contributed by atoms with van der Waals surface area (Å²) in [5.41, 5.74) is 1.11. The minimum absolute atomic E-state index is 0.179. The minimum atomic E-state index is -0.179. The van der Waals surface area contributed by atoms with Gasteiger partial charge in [-0.25, -0.2) is 4.39 Å². The largest absolute Gasteiger partial charge is 0.370 e. The van der Waals surface area contributed by atoms with Crippen LogP contribution < -0.4 is 4.90 Å². The van der Waals surface area contributed by atoms with Gasteiger partial charge in [-0.2, -0.15) is 0 Å².